The Bertz CT molecular complexity index is 710. The van der Waals surface area contributed by atoms with Crippen LogP contribution in [0, 0.1) is 0 Å². The van der Waals surface area contributed by atoms with Gasteiger partial charge in [0.1, 0.15) is 28.6 Å². The van der Waals surface area contributed by atoms with Gasteiger partial charge in [0.2, 0.25) is 0 Å². The molecule has 0 aliphatic heterocycles. The first-order valence-electron chi connectivity index (χ1n) is 5.86. The van der Waals surface area contributed by atoms with E-state index >= 15 is 0 Å². The zero-order valence-electron chi connectivity index (χ0n) is 10.6. The van der Waals surface area contributed by atoms with E-state index < -0.39 is 28.8 Å². The van der Waals surface area contributed by atoms with Gasteiger partial charge in [0, 0.05) is 12.1 Å². The number of carbonyl (C=O) groups is 1. The predicted octanol–water partition coefficient (Wildman–Crippen LogP) is 1.48. The molecule has 0 unspecified atom stereocenters. The van der Waals surface area contributed by atoms with Crippen LogP contribution >= 0.6 is 0 Å². The SMILES string of the molecule is O=C(/C=C/c1ccc([O-])c(O)c1)c1c(O)cc(O)cc1O. The van der Waals surface area contributed by atoms with Crippen molar-refractivity contribution in [2.45, 2.75) is 0 Å². The number of aromatic hydroxyl groups is 4. The molecule has 108 valence electrons. The third kappa shape index (κ3) is 3.06. The van der Waals surface area contributed by atoms with Gasteiger partial charge < -0.3 is 25.5 Å². The maximum Gasteiger partial charge on any atom is 0.193 e. The third-order valence-corrected chi connectivity index (χ3v) is 2.74. The quantitative estimate of drug-likeness (QED) is 0.501. The molecule has 0 saturated carbocycles. The van der Waals surface area contributed by atoms with Crippen LogP contribution in [0.4, 0.5) is 0 Å². The second-order valence-corrected chi connectivity index (χ2v) is 4.28. The Morgan fingerprint density at radius 2 is 1.57 bits per heavy atom. The molecule has 0 atom stereocenters. The summed E-state index contributed by atoms with van der Waals surface area (Å²) in [7, 11) is 0. The summed E-state index contributed by atoms with van der Waals surface area (Å²) in [5, 5.41) is 48.6. The van der Waals surface area contributed by atoms with Gasteiger partial charge in [0.25, 0.3) is 0 Å². The highest BCUT2D eigenvalue weighted by molar-refractivity contribution is 6.10. The van der Waals surface area contributed by atoms with Crippen LogP contribution in [0.3, 0.4) is 0 Å². The summed E-state index contributed by atoms with van der Waals surface area (Å²) >= 11 is 0. The van der Waals surface area contributed by atoms with Crippen molar-refractivity contribution in [2.75, 3.05) is 0 Å². The molecular formula is C15H11O6-. The minimum absolute atomic E-state index is 0.353. The lowest BCUT2D eigenvalue weighted by Crippen LogP contribution is -1.96. The van der Waals surface area contributed by atoms with Gasteiger partial charge in [-0.05, 0) is 17.7 Å². The first kappa shape index (κ1) is 14.3. The molecule has 0 heterocycles. The van der Waals surface area contributed by atoms with Crippen molar-refractivity contribution in [3.8, 4) is 28.7 Å². The molecule has 21 heavy (non-hydrogen) atoms. The van der Waals surface area contributed by atoms with Crippen LogP contribution in [-0.4, -0.2) is 26.2 Å². The van der Waals surface area contributed by atoms with Crippen LogP contribution in [0.1, 0.15) is 15.9 Å². The van der Waals surface area contributed by atoms with E-state index in [9.17, 15) is 25.2 Å². The van der Waals surface area contributed by atoms with Gasteiger partial charge in [-0.3, -0.25) is 4.79 Å². The average Bonchev–Trinajstić information content (AvgIpc) is 2.39. The van der Waals surface area contributed by atoms with E-state index in [1.165, 1.54) is 18.2 Å². The minimum atomic E-state index is -0.698. The minimum Gasteiger partial charge on any atom is -0.870 e. The smallest absolute Gasteiger partial charge is 0.193 e. The molecular weight excluding hydrogens is 276 g/mol. The monoisotopic (exact) mass is 287 g/mol. The second-order valence-electron chi connectivity index (χ2n) is 4.28. The summed E-state index contributed by atoms with van der Waals surface area (Å²) in [6.45, 7) is 0. The number of carbonyl (C=O) groups excluding carboxylic acids is 1. The van der Waals surface area contributed by atoms with E-state index in [0.29, 0.717) is 5.56 Å². The Hall–Kier alpha value is -3.15. The van der Waals surface area contributed by atoms with Crippen molar-refractivity contribution < 1.29 is 30.3 Å². The van der Waals surface area contributed by atoms with Gasteiger partial charge >= 0.3 is 0 Å². The van der Waals surface area contributed by atoms with Crippen molar-refractivity contribution in [1.82, 2.24) is 0 Å². The normalized spacial score (nSPS) is 10.9. The van der Waals surface area contributed by atoms with E-state index in [-0.39, 0.29) is 11.3 Å². The van der Waals surface area contributed by atoms with Crippen molar-refractivity contribution in [2.24, 2.45) is 0 Å². The highest BCUT2D eigenvalue weighted by Crippen LogP contribution is 2.32. The van der Waals surface area contributed by atoms with Crippen molar-refractivity contribution in [3.63, 3.8) is 0 Å². The molecule has 0 radical (unpaired) electrons. The summed E-state index contributed by atoms with van der Waals surface area (Å²) in [5.41, 5.74) is 0.0481. The van der Waals surface area contributed by atoms with Gasteiger partial charge in [-0.15, -0.1) is 0 Å². The molecule has 2 aromatic carbocycles. The van der Waals surface area contributed by atoms with E-state index in [4.69, 9.17) is 5.11 Å². The number of hydrogen-bond donors (Lipinski definition) is 4. The first-order chi connectivity index (χ1) is 9.88. The van der Waals surface area contributed by atoms with E-state index in [0.717, 1.165) is 24.3 Å². The highest BCUT2D eigenvalue weighted by atomic mass is 16.3. The standard InChI is InChI=1S/C15H12O6/c16-9-6-13(20)15(14(21)7-9)11(18)4-2-8-1-3-10(17)12(19)5-8/h1-7,16-17,19-21H/p-1/b4-2+. The summed E-state index contributed by atoms with van der Waals surface area (Å²) in [6, 6.07) is 5.59. The Kier molecular flexibility index (Phi) is 3.71. The van der Waals surface area contributed by atoms with Crippen LogP contribution in [0.2, 0.25) is 0 Å². The predicted molar refractivity (Wildman–Crippen MR) is 72.4 cm³/mol. The van der Waals surface area contributed by atoms with Gasteiger partial charge in [-0.1, -0.05) is 24.0 Å². The second kappa shape index (κ2) is 5.46. The molecule has 2 aromatic rings. The summed E-state index contributed by atoms with van der Waals surface area (Å²) < 4.78 is 0. The fraction of sp³-hybridized carbons (Fsp3) is 0. The van der Waals surface area contributed by atoms with Gasteiger partial charge in [0.15, 0.2) is 5.78 Å². The number of phenolic OH excluding ortho intramolecular Hbond substituents is 4. The molecule has 0 amide bonds. The molecule has 0 aliphatic rings. The van der Waals surface area contributed by atoms with E-state index in [2.05, 4.69) is 0 Å². The number of allylic oxidation sites excluding steroid dienone is 1. The number of phenols is 4. The lowest BCUT2D eigenvalue weighted by Gasteiger charge is -2.08. The van der Waals surface area contributed by atoms with Crippen LogP contribution < -0.4 is 5.11 Å². The topological polar surface area (TPSA) is 121 Å². The van der Waals surface area contributed by atoms with Crippen LogP contribution in [0.15, 0.2) is 36.4 Å². The Morgan fingerprint density at radius 3 is 2.14 bits per heavy atom. The summed E-state index contributed by atoms with van der Waals surface area (Å²) in [4.78, 5) is 11.9. The third-order valence-electron chi connectivity index (χ3n) is 2.74. The molecule has 4 N–H and O–H groups in total. The van der Waals surface area contributed by atoms with Crippen molar-refractivity contribution in [1.29, 1.82) is 0 Å². The van der Waals surface area contributed by atoms with Gasteiger partial charge in [-0.25, -0.2) is 0 Å². The molecule has 0 fully saturated rings. The number of hydrogen-bond acceptors (Lipinski definition) is 6. The molecule has 6 heteroatoms. The molecule has 6 nitrogen and oxygen atoms in total. The van der Waals surface area contributed by atoms with Crippen LogP contribution in [0.5, 0.6) is 28.7 Å². The maximum atomic E-state index is 11.9. The Labute approximate surface area is 119 Å². The molecule has 0 aliphatic carbocycles. The molecule has 0 saturated heterocycles. The Morgan fingerprint density at radius 1 is 0.952 bits per heavy atom. The lowest BCUT2D eigenvalue weighted by molar-refractivity contribution is -0.270. The lowest BCUT2D eigenvalue weighted by atomic mass is 10.1. The largest absolute Gasteiger partial charge is 0.870 e. The first-order valence-corrected chi connectivity index (χ1v) is 5.86. The van der Waals surface area contributed by atoms with E-state index in [1.807, 2.05) is 0 Å². The van der Waals surface area contributed by atoms with Gasteiger partial charge in [0.05, 0.1) is 0 Å². The Balaban J connectivity index is 2.29. The summed E-state index contributed by atoms with van der Waals surface area (Å²) in [5.74, 6) is -3.16. The van der Waals surface area contributed by atoms with Crippen LogP contribution in [-0.2, 0) is 0 Å². The van der Waals surface area contributed by atoms with Crippen LogP contribution in [0.25, 0.3) is 6.08 Å². The number of benzene rings is 2. The maximum absolute atomic E-state index is 11.9. The zero-order chi connectivity index (χ0) is 15.6. The van der Waals surface area contributed by atoms with Gasteiger partial charge in [-0.2, -0.15) is 0 Å². The fourth-order valence-corrected chi connectivity index (χ4v) is 1.74. The number of rotatable bonds is 3. The highest BCUT2D eigenvalue weighted by Gasteiger charge is 2.15. The fourth-order valence-electron chi connectivity index (χ4n) is 1.74. The number of ketones is 1. The molecule has 0 spiro atoms. The molecule has 0 bridgehead atoms. The van der Waals surface area contributed by atoms with E-state index in [1.54, 1.807) is 0 Å². The van der Waals surface area contributed by atoms with Crippen molar-refractivity contribution >= 4 is 11.9 Å². The average molecular weight is 287 g/mol. The summed E-state index contributed by atoms with van der Waals surface area (Å²) in [6.07, 6.45) is 2.37. The molecule has 2 rings (SSSR count). The molecule has 0 aromatic heterocycles. The zero-order valence-corrected chi connectivity index (χ0v) is 10.6. The van der Waals surface area contributed by atoms with Crippen molar-refractivity contribution in [3.05, 3.63) is 47.5 Å².